The molecule has 150 valence electrons. The molecule has 0 aliphatic heterocycles. The van der Waals surface area contributed by atoms with E-state index in [2.05, 4.69) is 34.7 Å². The molecule has 0 fully saturated rings. The molecule has 0 saturated carbocycles. The van der Waals surface area contributed by atoms with Crippen molar-refractivity contribution in [3.8, 4) is 0 Å². The SMILES string of the molecule is CC(=O)Nc1cccc(Nc2ncc(C(N)=O)c(Nc3ccc4nsnc4c3)n2)c1. The lowest BCUT2D eigenvalue weighted by Gasteiger charge is -2.12. The molecule has 0 bridgehead atoms. The predicted molar refractivity (Wildman–Crippen MR) is 115 cm³/mol. The van der Waals surface area contributed by atoms with Gasteiger partial charge in [-0.2, -0.15) is 13.7 Å². The van der Waals surface area contributed by atoms with E-state index in [-0.39, 0.29) is 23.2 Å². The maximum Gasteiger partial charge on any atom is 0.254 e. The van der Waals surface area contributed by atoms with Crippen molar-refractivity contribution in [2.75, 3.05) is 16.0 Å². The quantitative estimate of drug-likeness (QED) is 0.372. The summed E-state index contributed by atoms with van der Waals surface area (Å²) in [5.41, 5.74) is 9.09. The summed E-state index contributed by atoms with van der Waals surface area (Å²) in [6, 6.07) is 12.5. The first-order valence-corrected chi connectivity index (χ1v) is 9.52. The van der Waals surface area contributed by atoms with Crippen molar-refractivity contribution in [2.24, 2.45) is 5.73 Å². The van der Waals surface area contributed by atoms with Crippen LogP contribution in [0, 0.1) is 0 Å². The van der Waals surface area contributed by atoms with Gasteiger partial charge in [-0.25, -0.2) is 4.98 Å². The van der Waals surface area contributed by atoms with Crippen LogP contribution in [0.5, 0.6) is 0 Å². The molecule has 0 unspecified atom stereocenters. The van der Waals surface area contributed by atoms with E-state index in [1.807, 2.05) is 6.07 Å². The number of carbonyl (C=O) groups excluding carboxylic acids is 2. The fourth-order valence-corrected chi connectivity index (χ4v) is 3.24. The third-order valence-electron chi connectivity index (χ3n) is 4.01. The van der Waals surface area contributed by atoms with Crippen molar-refractivity contribution >= 4 is 63.4 Å². The van der Waals surface area contributed by atoms with Crippen LogP contribution in [0.3, 0.4) is 0 Å². The number of nitrogens with zero attached hydrogens (tertiary/aromatic N) is 4. The molecule has 4 aromatic rings. The number of amides is 2. The van der Waals surface area contributed by atoms with Crippen molar-refractivity contribution in [1.82, 2.24) is 18.7 Å². The van der Waals surface area contributed by atoms with Crippen LogP contribution in [0.4, 0.5) is 28.8 Å². The van der Waals surface area contributed by atoms with Gasteiger partial charge in [0.1, 0.15) is 22.4 Å². The van der Waals surface area contributed by atoms with Crippen LogP contribution in [0.15, 0.2) is 48.7 Å². The van der Waals surface area contributed by atoms with Crippen molar-refractivity contribution < 1.29 is 9.59 Å². The van der Waals surface area contributed by atoms with E-state index in [1.54, 1.807) is 36.4 Å². The van der Waals surface area contributed by atoms with Gasteiger partial charge in [0, 0.05) is 30.2 Å². The van der Waals surface area contributed by atoms with Crippen molar-refractivity contribution in [1.29, 1.82) is 0 Å². The molecule has 4 rings (SSSR count). The fourth-order valence-electron chi connectivity index (χ4n) is 2.72. The molecule has 2 aromatic carbocycles. The van der Waals surface area contributed by atoms with Gasteiger partial charge in [0.05, 0.1) is 11.7 Å². The highest BCUT2D eigenvalue weighted by atomic mass is 32.1. The summed E-state index contributed by atoms with van der Waals surface area (Å²) >= 11 is 1.12. The zero-order chi connectivity index (χ0) is 21.1. The second-order valence-electron chi connectivity index (χ2n) is 6.30. The maximum atomic E-state index is 11.8. The van der Waals surface area contributed by atoms with Crippen LogP contribution in [-0.2, 0) is 4.79 Å². The number of rotatable bonds is 6. The lowest BCUT2D eigenvalue weighted by molar-refractivity contribution is -0.114. The first kappa shape index (κ1) is 19.2. The number of primary amides is 1. The lowest BCUT2D eigenvalue weighted by atomic mass is 10.2. The normalized spacial score (nSPS) is 10.6. The second kappa shape index (κ2) is 8.09. The Morgan fingerprint density at radius 3 is 2.53 bits per heavy atom. The second-order valence-corrected chi connectivity index (χ2v) is 6.83. The molecule has 2 aromatic heterocycles. The summed E-state index contributed by atoms with van der Waals surface area (Å²) in [5, 5.41) is 8.84. The monoisotopic (exact) mass is 420 g/mol. The number of hydrogen-bond acceptors (Lipinski definition) is 9. The molecule has 0 spiro atoms. The first-order valence-electron chi connectivity index (χ1n) is 8.79. The molecule has 30 heavy (non-hydrogen) atoms. The smallest absolute Gasteiger partial charge is 0.254 e. The Labute approximate surface area is 174 Å². The summed E-state index contributed by atoms with van der Waals surface area (Å²) < 4.78 is 8.37. The summed E-state index contributed by atoms with van der Waals surface area (Å²) in [6.45, 7) is 1.43. The number of fused-ring (bicyclic) bond motifs is 1. The molecule has 0 aliphatic carbocycles. The average Bonchev–Trinajstić information content (AvgIpc) is 3.15. The topological polar surface area (TPSA) is 148 Å². The average molecular weight is 420 g/mol. The van der Waals surface area contributed by atoms with E-state index in [0.717, 1.165) is 22.8 Å². The fraction of sp³-hybridized carbons (Fsp3) is 0.0526. The van der Waals surface area contributed by atoms with Crippen molar-refractivity contribution in [3.05, 3.63) is 54.2 Å². The molecule has 2 amide bonds. The van der Waals surface area contributed by atoms with Crippen molar-refractivity contribution in [3.63, 3.8) is 0 Å². The van der Waals surface area contributed by atoms with Gasteiger partial charge >= 0.3 is 0 Å². The summed E-state index contributed by atoms with van der Waals surface area (Å²) in [6.07, 6.45) is 1.35. The predicted octanol–water partition coefficient (Wildman–Crippen LogP) is 3.03. The number of anilines is 5. The maximum absolute atomic E-state index is 11.8. The Hall–Kier alpha value is -4.12. The van der Waals surface area contributed by atoms with E-state index in [4.69, 9.17) is 5.73 Å². The molecule has 11 heteroatoms. The van der Waals surface area contributed by atoms with Gasteiger partial charge in [-0.15, -0.1) is 0 Å². The summed E-state index contributed by atoms with van der Waals surface area (Å²) in [4.78, 5) is 31.6. The minimum atomic E-state index is -0.659. The molecule has 2 heterocycles. The van der Waals surface area contributed by atoms with Gasteiger partial charge in [0.15, 0.2) is 0 Å². The van der Waals surface area contributed by atoms with E-state index in [0.29, 0.717) is 17.1 Å². The third-order valence-corrected chi connectivity index (χ3v) is 4.57. The summed E-state index contributed by atoms with van der Waals surface area (Å²) in [5.74, 6) is -0.333. The van der Waals surface area contributed by atoms with Crippen LogP contribution in [-0.4, -0.2) is 30.5 Å². The Morgan fingerprint density at radius 1 is 0.967 bits per heavy atom. The van der Waals surface area contributed by atoms with E-state index < -0.39 is 5.91 Å². The highest BCUT2D eigenvalue weighted by Crippen LogP contribution is 2.24. The number of carbonyl (C=O) groups is 2. The Bertz CT molecular complexity index is 1260. The van der Waals surface area contributed by atoms with Gasteiger partial charge in [-0.1, -0.05) is 6.07 Å². The van der Waals surface area contributed by atoms with Gasteiger partial charge in [-0.05, 0) is 36.4 Å². The molecular weight excluding hydrogens is 404 g/mol. The highest BCUT2D eigenvalue weighted by molar-refractivity contribution is 7.00. The number of aromatic nitrogens is 4. The lowest BCUT2D eigenvalue weighted by Crippen LogP contribution is -2.15. The minimum Gasteiger partial charge on any atom is -0.365 e. The number of nitrogens with two attached hydrogens (primary N) is 1. The zero-order valence-electron chi connectivity index (χ0n) is 15.7. The van der Waals surface area contributed by atoms with E-state index in [9.17, 15) is 9.59 Å². The van der Waals surface area contributed by atoms with Crippen LogP contribution in [0.25, 0.3) is 11.0 Å². The molecule has 10 nitrogen and oxygen atoms in total. The molecular formula is C19H16N8O2S. The van der Waals surface area contributed by atoms with Crippen LogP contribution in [0.1, 0.15) is 17.3 Å². The first-order chi connectivity index (χ1) is 14.5. The number of hydrogen-bond donors (Lipinski definition) is 4. The van der Waals surface area contributed by atoms with Gasteiger partial charge in [-0.3, -0.25) is 9.59 Å². The standard InChI is InChI=1S/C19H16N8O2S/c1-10(28)22-11-3-2-4-12(7-11)24-19-21-9-14(17(20)29)18(25-19)23-13-5-6-15-16(8-13)27-30-26-15/h2-9H,1H3,(H2,20,29)(H,22,28)(H2,21,23,24,25). The van der Waals surface area contributed by atoms with E-state index in [1.165, 1.54) is 13.1 Å². The van der Waals surface area contributed by atoms with Crippen LogP contribution < -0.4 is 21.7 Å². The minimum absolute atomic E-state index is 0.143. The Kier molecular flexibility index (Phi) is 5.18. The Balaban J connectivity index is 1.62. The molecule has 0 aliphatic rings. The number of nitrogens with one attached hydrogen (secondary N) is 3. The molecule has 0 atom stereocenters. The van der Waals surface area contributed by atoms with Gasteiger partial charge in [0.2, 0.25) is 11.9 Å². The zero-order valence-corrected chi connectivity index (χ0v) is 16.5. The molecule has 5 N–H and O–H groups in total. The highest BCUT2D eigenvalue weighted by Gasteiger charge is 2.13. The largest absolute Gasteiger partial charge is 0.365 e. The van der Waals surface area contributed by atoms with Crippen molar-refractivity contribution in [2.45, 2.75) is 6.92 Å². The van der Waals surface area contributed by atoms with Crippen LogP contribution >= 0.6 is 11.7 Å². The third kappa shape index (κ3) is 4.31. The number of benzene rings is 2. The van der Waals surface area contributed by atoms with Gasteiger partial charge < -0.3 is 21.7 Å². The molecule has 0 radical (unpaired) electrons. The molecule has 0 saturated heterocycles. The van der Waals surface area contributed by atoms with Crippen LogP contribution in [0.2, 0.25) is 0 Å². The van der Waals surface area contributed by atoms with E-state index >= 15 is 0 Å². The Morgan fingerprint density at radius 2 is 1.73 bits per heavy atom. The van der Waals surface area contributed by atoms with Gasteiger partial charge in [0.25, 0.3) is 5.91 Å². The summed E-state index contributed by atoms with van der Waals surface area (Å²) in [7, 11) is 0.